The highest BCUT2D eigenvalue weighted by molar-refractivity contribution is 5.86. The van der Waals surface area contributed by atoms with Crippen molar-refractivity contribution in [1.29, 1.82) is 0 Å². The summed E-state index contributed by atoms with van der Waals surface area (Å²) in [7, 11) is 1.89. The van der Waals surface area contributed by atoms with E-state index in [2.05, 4.69) is 20.3 Å². The van der Waals surface area contributed by atoms with Crippen molar-refractivity contribution < 1.29 is 18.0 Å². The van der Waals surface area contributed by atoms with E-state index in [1.54, 1.807) is 6.07 Å². The van der Waals surface area contributed by atoms with Gasteiger partial charge in [0.2, 0.25) is 5.91 Å². The Bertz CT molecular complexity index is 809. The molecule has 1 aliphatic rings. The highest BCUT2D eigenvalue weighted by Gasteiger charge is 2.44. The molecule has 1 amide bonds. The summed E-state index contributed by atoms with van der Waals surface area (Å²) in [5, 5.41) is 2.84. The molecular formula is C17H18F3N5O. The first-order valence-corrected chi connectivity index (χ1v) is 8.04. The summed E-state index contributed by atoms with van der Waals surface area (Å²) in [6.07, 6.45) is -1.25. The van der Waals surface area contributed by atoms with Gasteiger partial charge in [0.1, 0.15) is 12.0 Å². The molecule has 0 bridgehead atoms. The molecule has 26 heavy (non-hydrogen) atoms. The number of carbonyl (C=O) groups excluding carboxylic acids is 1. The maximum absolute atomic E-state index is 12.6. The van der Waals surface area contributed by atoms with E-state index < -0.39 is 17.4 Å². The summed E-state index contributed by atoms with van der Waals surface area (Å²) in [6.45, 7) is 2.97. The Hall–Kier alpha value is -2.55. The van der Waals surface area contributed by atoms with Gasteiger partial charge in [-0.2, -0.15) is 13.2 Å². The molecule has 1 unspecified atom stereocenters. The lowest BCUT2D eigenvalue weighted by molar-refractivity contribution is -0.141. The van der Waals surface area contributed by atoms with Gasteiger partial charge in [-0.3, -0.25) is 14.7 Å². The fraction of sp³-hybridized carbons (Fsp3) is 0.412. The van der Waals surface area contributed by atoms with E-state index >= 15 is 0 Å². The third-order valence-corrected chi connectivity index (χ3v) is 4.77. The summed E-state index contributed by atoms with van der Waals surface area (Å²) in [5.74, 6) is -0.0809. The highest BCUT2D eigenvalue weighted by atomic mass is 19.4. The molecule has 2 aromatic rings. The first-order valence-electron chi connectivity index (χ1n) is 8.04. The number of nitrogens with one attached hydrogen (secondary N) is 1. The van der Waals surface area contributed by atoms with Gasteiger partial charge in [-0.15, -0.1) is 0 Å². The van der Waals surface area contributed by atoms with Crippen LogP contribution >= 0.6 is 0 Å². The van der Waals surface area contributed by atoms with Gasteiger partial charge in [0.05, 0.1) is 23.5 Å². The van der Waals surface area contributed by atoms with Crippen molar-refractivity contribution in [2.24, 2.45) is 0 Å². The Labute approximate surface area is 148 Å². The number of halogens is 3. The molecule has 1 N–H and O–H groups in total. The van der Waals surface area contributed by atoms with Crippen LogP contribution in [0.3, 0.4) is 0 Å². The highest BCUT2D eigenvalue weighted by Crippen LogP contribution is 2.29. The maximum Gasteiger partial charge on any atom is 0.433 e. The minimum absolute atomic E-state index is 0.0809. The number of alkyl halides is 3. The second-order valence-corrected chi connectivity index (χ2v) is 6.45. The number of rotatable bonds is 4. The normalized spacial score (nSPS) is 20.5. The topological polar surface area (TPSA) is 71.0 Å². The molecule has 0 radical (unpaired) electrons. The summed E-state index contributed by atoms with van der Waals surface area (Å²) >= 11 is 0. The lowest BCUT2D eigenvalue weighted by Crippen LogP contribution is -2.63. The average Bonchev–Trinajstić information content (AvgIpc) is 2.63. The maximum atomic E-state index is 12.6. The minimum atomic E-state index is -4.48. The summed E-state index contributed by atoms with van der Waals surface area (Å²) < 4.78 is 37.8. The molecule has 1 aliphatic heterocycles. The van der Waals surface area contributed by atoms with Gasteiger partial charge in [0, 0.05) is 18.3 Å². The summed E-state index contributed by atoms with van der Waals surface area (Å²) in [4.78, 5) is 25.9. The molecule has 0 spiro atoms. The van der Waals surface area contributed by atoms with E-state index in [1.165, 1.54) is 12.4 Å². The third kappa shape index (κ3) is 3.52. The monoisotopic (exact) mass is 365 g/mol. The van der Waals surface area contributed by atoms with Gasteiger partial charge in [0.15, 0.2) is 0 Å². The van der Waals surface area contributed by atoms with Crippen LogP contribution in [0.25, 0.3) is 11.3 Å². The quantitative estimate of drug-likeness (QED) is 0.900. The zero-order valence-corrected chi connectivity index (χ0v) is 14.3. The predicted molar refractivity (Wildman–Crippen MR) is 87.8 cm³/mol. The van der Waals surface area contributed by atoms with Crippen molar-refractivity contribution in [3.05, 3.63) is 42.1 Å². The van der Waals surface area contributed by atoms with E-state index in [9.17, 15) is 18.0 Å². The first kappa shape index (κ1) is 18.2. The van der Waals surface area contributed by atoms with Crippen LogP contribution in [0.5, 0.6) is 0 Å². The molecule has 1 fully saturated rings. The molecule has 138 valence electrons. The van der Waals surface area contributed by atoms with Crippen molar-refractivity contribution in [3.8, 4) is 11.3 Å². The van der Waals surface area contributed by atoms with Crippen LogP contribution < -0.4 is 5.32 Å². The Kier molecular flexibility index (Phi) is 4.66. The van der Waals surface area contributed by atoms with Crippen LogP contribution in [0.4, 0.5) is 13.2 Å². The Morgan fingerprint density at radius 2 is 2.08 bits per heavy atom. The van der Waals surface area contributed by atoms with E-state index in [-0.39, 0.29) is 12.5 Å². The second-order valence-electron chi connectivity index (χ2n) is 6.45. The van der Waals surface area contributed by atoms with Gasteiger partial charge in [-0.05, 0) is 38.6 Å². The predicted octanol–water partition coefficient (Wildman–Crippen LogP) is 2.27. The lowest BCUT2D eigenvalue weighted by Gasteiger charge is -2.46. The SMILES string of the molecule is CN1CCC1(C)C(=O)NCc1cc(-c2ccc(C(F)(F)F)nc2)ncn1. The fourth-order valence-corrected chi connectivity index (χ4v) is 2.68. The number of likely N-dealkylation sites (tertiary alicyclic amines) is 1. The number of likely N-dealkylation sites (N-methyl/N-ethyl adjacent to an activating group) is 1. The Balaban J connectivity index is 1.69. The average molecular weight is 365 g/mol. The van der Waals surface area contributed by atoms with Gasteiger partial charge in [0.25, 0.3) is 0 Å². The fourth-order valence-electron chi connectivity index (χ4n) is 2.68. The number of nitrogens with zero attached hydrogens (tertiary/aromatic N) is 4. The smallest absolute Gasteiger partial charge is 0.349 e. The minimum Gasteiger partial charge on any atom is -0.349 e. The van der Waals surface area contributed by atoms with Crippen LogP contribution in [-0.4, -0.2) is 44.9 Å². The van der Waals surface area contributed by atoms with Gasteiger partial charge >= 0.3 is 6.18 Å². The van der Waals surface area contributed by atoms with E-state index in [0.29, 0.717) is 17.0 Å². The van der Waals surface area contributed by atoms with Crippen LogP contribution in [0.2, 0.25) is 0 Å². The number of amides is 1. The number of aromatic nitrogens is 3. The Morgan fingerprint density at radius 3 is 2.62 bits per heavy atom. The van der Waals surface area contributed by atoms with Crippen LogP contribution in [0.1, 0.15) is 24.7 Å². The Morgan fingerprint density at radius 1 is 1.31 bits per heavy atom. The number of pyridine rings is 1. The van der Waals surface area contributed by atoms with Gasteiger partial charge in [-0.1, -0.05) is 0 Å². The van der Waals surface area contributed by atoms with Crippen LogP contribution in [-0.2, 0) is 17.5 Å². The third-order valence-electron chi connectivity index (χ3n) is 4.77. The molecule has 0 aliphatic carbocycles. The van der Waals surface area contributed by atoms with Gasteiger partial charge in [-0.25, -0.2) is 9.97 Å². The lowest BCUT2D eigenvalue weighted by atomic mass is 9.86. The second kappa shape index (κ2) is 6.64. The molecule has 6 nitrogen and oxygen atoms in total. The van der Waals surface area contributed by atoms with Crippen molar-refractivity contribution in [3.63, 3.8) is 0 Å². The van der Waals surface area contributed by atoms with E-state index in [4.69, 9.17) is 0 Å². The molecular weight excluding hydrogens is 347 g/mol. The molecule has 3 heterocycles. The largest absolute Gasteiger partial charge is 0.433 e. The van der Waals surface area contributed by atoms with Crippen LogP contribution in [0, 0.1) is 0 Å². The zero-order chi connectivity index (χ0) is 18.9. The molecule has 1 atom stereocenters. The summed E-state index contributed by atoms with van der Waals surface area (Å²) in [6, 6.07) is 3.84. The molecule has 9 heteroatoms. The van der Waals surface area contributed by atoms with E-state index in [0.717, 1.165) is 25.2 Å². The van der Waals surface area contributed by atoms with Gasteiger partial charge < -0.3 is 5.32 Å². The van der Waals surface area contributed by atoms with Crippen molar-refractivity contribution >= 4 is 5.91 Å². The number of hydrogen-bond acceptors (Lipinski definition) is 5. The van der Waals surface area contributed by atoms with Crippen molar-refractivity contribution in [2.45, 2.75) is 31.6 Å². The summed E-state index contributed by atoms with van der Waals surface area (Å²) in [5.41, 5.74) is -0.0155. The molecule has 3 rings (SSSR count). The zero-order valence-electron chi connectivity index (χ0n) is 14.3. The first-order chi connectivity index (χ1) is 12.2. The number of hydrogen-bond donors (Lipinski definition) is 1. The molecule has 0 saturated carbocycles. The van der Waals surface area contributed by atoms with Crippen molar-refractivity contribution in [1.82, 2.24) is 25.2 Å². The van der Waals surface area contributed by atoms with Crippen LogP contribution in [0.15, 0.2) is 30.7 Å². The number of carbonyl (C=O) groups is 1. The molecule has 1 saturated heterocycles. The standard InChI is InChI=1S/C17H18F3N5O/c1-16(5-6-25(16)2)15(26)22-9-12-7-13(24-10-23-12)11-3-4-14(21-8-11)17(18,19)20/h3-4,7-8,10H,5-6,9H2,1-2H3,(H,22,26). The van der Waals surface area contributed by atoms with E-state index in [1.807, 2.05) is 18.9 Å². The molecule has 2 aromatic heterocycles. The molecule has 0 aromatic carbocycles. The van der Waals surface area contributed by atoms with Crippen molar-refractivity contribution in [2.75, 3.05) is 13.6 Å².